The number of aromatic carboxylic acids is 1. The third-order valence-electron chi connectivity index (χ3n) is 5.47. The Labute approximate surface area is 226 Å². The molecule has 0 unspecified atom stereocenters. The number of carboxylic acids is 1. The molecule has 0 aliphatic heterocycles. The maximum absolute atomic E-state index is 13.9. The van der Waals surface area contributed by atoms with Crippen LogP contribution in [0.5, 0.6) is 0 Å². The molecule has 1 heterocycles. The summed E-state index contributed by atoms with van der Waals surface area (Å²) in [5, 5.41) is 23.8. The van der Waals surface area contributed by atoms with Crippen molar-refractivity contribution >= 4 is 24.4 Å². The number of halogens is 1. The smallest absolute Gasteiger partial charge is 0.410 e. The van der Waals surface area contributed by atoms with E-state index in [9.17, 15) is 24.3 Å². The highest BCUT2D eigenvalue weighted by molar-refractivity contribution is 5.89. The molecule has 39 heavy (non-hydrogen) atoms. The maximum atomic E-state index is 13.9. The average Bonchev–Trinajstić information content (AvgIpc) is 3.15. The summed E-state index contributed by atoms with van der Waals surface area (Å²) in [7, 11) is 3.14. The van der Waals surface area contributed by atoms with Crippen molar-refractivity contribution in [3.8, 4) is 6.07 Å². The summed E-state index contributed by atoms with van der Waals surface area (Å²) >= 11 is 0. The van der Waals surface area contributed by atoms with Gasteiger partial charge in [0.25, 0.3) is 0 Å². The van der Waals surface area contributed by atoms with E-state index in [2.05, 4.69) is 22.9 Å². The number of amides is 1. The van der Waals surface area contributed by atoms with Crippen molar-refractivity contribution in [1.29, 1.82) is 5.26 Å². The first-order chi connectivity index (χ1) is 18.1. The first-order valence-corrected chi connectivity index (χ1v) is 11.8. The number of rotatable bonds is 9. The summed E-state index contributed by atoms with van der Waals surface area (Å²) in [4.78, 5) is 29.2. The number of aliphatic imine (C=N–C) groups is 1. The van der Waals surface area contributed by atoms with E-state index < -0.39 is 29.6 Å². The standard InChI is InChI=1S/C27H33FN6O5/c1-15(23-20(32-34(8)21(23)13-29)14-33(7)26(37)39-27(3,4)5)11-22(24(30)31-6)38-16(2)19-12-17(28)9-10-18(19)25(35)36/h9-12,16H,6,14,30H2,1-5,7-8H3,(H,35,36)/b15-11+,24-22+/t16-/m1/s1. The zero-order chi connectivity index (χ0) is 29.7. The van der Waals surface area contributed by atoms with E-state index in [1.54, 1.807) is 41.8 Å². The van der Waals surface area contributed by atoms with Gasteiger partial charge in [0.15, 0.2) is 11.6 Å². The van der Waals surface area contributed by atoms with E-state index in [0.29, 0.717) is 16.8 Å². The first kappa shape index (κ1) is 30.6. The second kappa shape index (κ2) is 12.3. The lowest BCUT2D eigenvalue weighted by atomic mass is 10.0. The molecule has 0 fully saturated rings. The van der Waals surface area contributed by atoms with E-state index in [0.717, 1.165) is 18.2 Å². The molecule has 0 aliphatic rings. The van der Waals surface area contributed by atoms with Gasteiger partial charge < -0.3 is 25.2 Å². The number of aryl methyl sites for hydroxylation is 1. The number of carbonyl (C=O) groups is 2. The van der Waals surface area contributed by atoms with Crippen LogP contribution in [0.15, 0.2) is 40.8 Å². The maximum Gasteiger partial charge on any atom is 0.410 e. The van der Waals surface area contributed by atoms with Crippen molar-refractivity contribution in [3.05, 3.63) is 69.8 Å². The molecule has 208 valence electrons. The van der Waals surface area contributed by atoms with Crippen LogP contribution in [0.4, 0.5) is 9.18 Å². The molecule has 11 nitrogen and oxygen atoms in total. The first-order valence-electron chi connectivity index (χ1n) is 11.8. The fourth-order valence-corrected chi connectivity index (χ4v) is 3.70. The van der Waals surface area contributed by atoms with Gasteiger partial charge in [0.1, 0.15) is 29.3 Å². The molecule has 1 amide bonds. The van der Waals surface area contributed by atoms with Gasteiger partial charge in [-0.15, -0.1) is 0 Å². The van der Waals surface area contributed by atoms with Crippen LogP contribution in [-0.4, -0.2) is 51.2 Å². The van der Waals surface area contributed by atoms with Crippen LogP contribution in [0.3, 0.4) is 0 Å². The van der Waals surface area contributed by atoms with Crippen molar-refractivity contribution in [2.45, 2.75) is 52.9 Å². The Hall–Kier alpha value is -4.66. The molecule has 0 aliphatic carbocycles. The van der Waals surface area contributed by atoms with Crippen LogP contribution in [-0.2, 0) is 23.1 Å². The third kappa shape index (κ3) is 7.67. The van der Waals surface area contributed by atoms with Gasteiger partial charge in [-0.2, -0.15) is 10.4 Å². The van der Waals surface area contributed by atoms with Gasteiger partial charge in [-0.3, -0.25) is 4.68 Å². The zero-order valence-electron chi connectivity index (χ0n) is 23.1. The van der Waals surface area contributed by atoms with E-state index in [1.165, 1.54) is 22.6 Å². The quantitative estimate of drug-likeness (QED) is 0.267. The lowest BCUT2D eigenvalue weighted by molar-refractivity contribution is 0.0282. The van der Waals surface area contributed by atoms with Crippen molar-refractivity contribution < 1.29 is 28.6 Å². The summed E-state index contributed by atoms with van der Waals surface area (Å²) in [6.07, 6.45) is -0.0237. The van der Waals surface area contributed by atoms with Crippen molar-refractivity contribution in [2.24, 2.45) is 17.8 Å². The molecular formula is C27H33FN6O5. The Balaban J connectivity index is 2.53. The Kier molecular flexibility index (Phi) is 9.60. The predicted molar refractivity (Wildman–Crippen MR) is 143 cm³/mol. The van der Waals surface area contributed by atoms with Crippen LogP contribution in [0.1, 0.15) is 73.6 Å². The number of nitriles is 1. The lowest BCUT2D eigenvalue weighted by Gasteiger charge is -2.24. The highest BCUT2D eigenvalue weighted by Gasteiger charge is 2.25. The second-order valence-corrected chi connectivity index (χ2v) is 9.77. The molecule has 1 aromatic heterocycles. The number of carboxylic acid groups (broad SMARTS) is 1. The van der Waals surface area contributed by atoms with Gasteiger partial charge in [-0.05, 0) is 71.2 Å². The fourth-order valence-electron chi connectivity index (χ4n) is 3.70. The molecule has 0 saturated heterocycles. The number of hydrogen-bond acceptors (Lipinski definition) is 8. The summed E-state index contributed by atoms with van der Waals surface area (Å²) in [6.45, 7) is 11.9. The second-order valence-electron chi connectivity index (χ2n) is 9.77. The van der Waals surface area contributed by atoms with Gasteiger partial charge >= 0.3 is 12.1 Å². The number of benzene rings is 1. The lowest BCUT2D eigenvalue weighted by Crippen LogP contribution is -2.34. The third-order valence-corrected chi connectivity index (χ3v) is 5.47. The number of carbonyl (C=O) groups excluding carboxylic acids is 1. The fraction of sp³-hybridized carbons (Fsp3) is 0.370. The molecule has 1 atom stereocenters. The monoisotopic (exact) mass is 540 g/mol. The highest BCUT2D eigenvalue weighted by Crippen LogP contribution is 2.30. The molecule has 2 aromatic rings. The Bertz CT molecular complexity index is 1380. The average molecular weight is 541 g/mol. The van der Waals surface area contributed by atoms with E-state index in [-0.39, 0.29) is 34.9 Å². The van der Waals surface area contributed by atoms with Gasteiger partial charge in [-0.1, -0.05) is 0 Å². The van der Waals surface area contributed by atoms with Crippen LogP contribution < -0.4 is 5.73 Å². The molecule has 0 radical (unpaired) electrons. The SMILES string of the molecule is C=N/C(N)=C(\C=C(/C)c1c(CN(C)C(=O)OC(C)(C)C)nn(C)c1C#N)O[C@H](C)c1cc(F)ccc1C(=O)O. The molecule has 1 aromatic carbocycles. The number of aromatic nitrogens is 2. The molecule has 12 heteroatoms. The van der Waals surface area contributed by atoms with Crippen LogP contribution in [0.2, 0.25) is 0 Å². The van der Waals surface area contributed by atoms with E-state index in [4.69, 9.17) is 15.2 Å². The zero-order valence-corrected chi connectivity index (χ0v) is 23.1. The van der Waals surface area contributed by atoms with Crippen LogP contribution >= 0.6 is 0 Å². The summed E-state index contributed by atoms with van der Waals surface area (Å²) in [5.41, 5.74) is 6.81. The number of nitrogens with zero attached hydrogens (tertiary/aromatic N) is 5. The molecule has 2 rings (SSSR count). The number of nitrogens with two attached hydrogens (primary N) is 1. The van der Waals surface area contributed by atoms with Crippen molar-refractivity contribution in [2.75, 3.05) is 7.05 Å². The normalized spacial score (nSPS) is 13.2. The molecular weight excluding hydrogens is 507 g/mol. The highest BCUT2D eigenvalue weighted by atomic mass is 19.1. The minimum Gasteiger partial charge on any atom is -0.482 e. The van der Waals surface area contributed by atoms with Gasteiger partial charge in [0.05, 0.1) is 17.8 Å². The van der Waals surface area contributed by atoms with Crippen molar-refractivity contribution in [3.63, 3.8) is 0 Å². The van der Waals surface area contributed by atoms with E-state index >= 15 is 0 Å². The van der Waals surface area contributed by atoms with Crippen LogP contribution in [0.25, 0.3) is 5.57 Å². The largest absolute Gasteiger partial charge is 0.482 e. The molecule has 0 spiro atoms. The summed E-state index contributed by atoms with van der Waals surface area (Å²) in [6, 6.07) is 5.37. The topological polar surface area (TPSA) is 156 Å². The van der Waals surface area contributed by atoms with E-state index in [1.807, 2.05) is 0 Å². The predicted octanol–water partition coefficient (Wildman–Crippen LogP) is 4.51. The van der Waals surface area contributed by atoms with Gasteiger partial charge in [0, 0.05) is 25.2 Å². The summed E-state index contributed by atoms with van der Waals surface area (Å²) in [5.74, 6) is -2.00. The Morgan fingerprint density at radius 2 is 2.05 bits per heavy atom. The molecule has 3 N–H and O–H groups in total. The molecule has 0 saturated carbocycles. The molecule has 0 bridgehead atoms. The van der Waals surface area contributed by atoms with Crippen molar-refractivity contribution in [1.82, 2.24) is 14.7 Å². The number of ether oxygens (including phenoxy) is 2. The van der Waals surface area contributed by atoms with Gasteiger partial charge in [-0.25, -0.2) is 19.0 Å². The Morgan fingerprint density at radius 3 is 2.59 bits per heavy atom. The minimum absolute atomic E-state index is 0.00906. The van der Waals surface area contributed by atoms with Crippen LogP contribution in [0, 0.1) is 17.1 Å². The number of hydrogen-bond donors (Lipinski definition) is 2. The number of allylic oxidation sites excluding steroid dienone is 2. The van der Waals surface area contributed by atoms with Gasteiger partial charge in [0.2, 0.25) is 0 Å². The Morgan fingerprint density at radius 1 is 1.41 bits per heavy atom. The minimum atomic E-state index is -1.25. The summed E-state index contributed by atoms with van der Waals surface area (Å²) < 4.78 is 26.7.